The number of thioether (sulfide) groups is 1. The molecule has 6 nitrogen and oxygen atoms in total. The lowest BCUT2D eigenvalue weighted by Crippen LogP contribution is -2.30. The Kier molecular flexibility index (Phi) is 4.11. The average molecular weight is 300 g/mol. The minimum absolute atomic E-state index is 0.106. The summed E-state index contributed by atoms with van der Waals surface area (Å²) in [6, 6.07) is 0. The van der Waals surface area contributed by atoms with Crippen molar-refractivity contribution >= 4 is 17.7 Å². The normalized spacial score (nSPS) is 23.8. The molecule has 1 aliphatic rings. The Balaban J connectivity index is 2.06. The Morgan fingerprint density at radius 3 is 2.65 bits per heavy atom. The summed E-state index contributed by atoms with van der Waals surface area (Å²) in [5, 5.41) is 8.15. The Morgan fingerprint density at radius 2 is 2.10 bits per heavy atom. The van der Waals surface area contributed by atoms with Gasteiger partial charge < -0.3 is 13.9 Å². The Hall–Kier alpha value is -1.08. The summed E-state index contributed by atoms with van der Waals surface area (Å²) in [6.45, 7) is 10.2. The maximum Gasteiger partial charge on any atom is 0.396 e. The van der Waals surface area contributed by atoms with Gasteiger partial charge in [0, 0.05) is 5.25 Å². The number of aromatic nitrogens is 2. The molecule has 0 N–H and O–H groups in total. The third kappa shape index (κ3) is 3.32. The molecule has 20 heavy (non-hydrogen) atoms. The Bertz CT molecular complexity index is 498. The van der Waals surface area contributed by atoms with Crippen molar-refractivity contribution in [2.45, 2.75) is 62.7 Å². The van der Waals surface area contributed by atoms with E-state index in [9.17, 15) is 4.79 Å². The zero-order valence-electron chi connectivity index (χ0n) is 12.4. The molecule has 7 heteroatoms. The maximum atomic E-state index is 11.5. The van der Waals surface area contributed by atoms with Gasteiger partial charge in [-0.05, 0) is 41.0 Å². The van der Waals surface area contributed by atoms with Crippen molar-refractivity contribution in [2.24, 2.45) is 0 Å². The van der Waals surface area contributed by atoms with Gasteiger partial charge in [-0.15, -0.1) is 5.10 Å². The highest BCUT2D eigenvalue weighted by atomic mass is 32.2. The van der Waals surface area contributed by atoms with E-state index >= 15 is 0 Å². The predicted molar refractivity (Wildman–Crippen MR) is 73.8 cm³/mol. The van der Waals surface area contributed by atoms with Gasteiger partial charge in [-0.3, -0.25) is 0 Å². The lowest BCUT2D eigenvalue weighted by Gasteiger charge is -2.26. The van der Waals surface area contributed by atoms with Crippen molar-refractivity contribution in [3.05, 3.63) is 5.89 Å². The van der Waals surface area contributed by atoms with Gasteiger partial charge in [-0.1, -0.05) is 16.9 Å². The molecule has 0 bridgehead atoms. The Labute approximate surface area is 122 Å². The minimum atomic E-state index is -0.589. The molecule has 0 spiro atoms. The van der Waals surface area contributed by atoms with Crippen LogP contribution in [0, 0.1) is 0 Å². The van der Waals surface area contributed by atoms with Gasteiger partial charge in [0.25, 0.3) is 5.22 Å². The van der Waals surface area contributed by atoms with E-state index in [-0.39, 0.29) is 28.9 Å². The third-order valence-corrected chi connectivity index (χ3v) is 4.48. The van der Waals surface area contributed by atoms with Crippen molar-refractivity contribution < 1.29 is 18.7 Å². The lowest BCUT2D eigenvalue weighted by molar-refractivity contribution is -0.0632. The Morgan fingerprint density at radius 1 is 1.40 bits per heavy atom. The van der Waals surface area contributed by atoms with Gasteiger partial charge >= 0.3 is 11.9 Å². The summed E-state index contributed by atoms with van der Waals surface area (Å²) in [5.74, 6) is -0.695. The molecule has 1 unspecified atom stereocenters. The zero-order valence-corrected chi connectivity index (χ0v) is 13.2. The quantitative estimate of drug-likeness (QED) is 0.791. The van der Waals surface area contributed by atoms with E-state index in [4.69, 9.17) is 13.9 Å². The summed E-state index contributed by atoms with van der Waals surface area (Å²) in [7, 11) is 0. The maximum absolute atomic E-state index is 11.5. The molecular formula is C13H20N2O4S. The van der Waals surface area contributed by atoms with Crippen LogP contribution in [0.1, 0.15) is 51.7 Å². The van der Waals surface area contributed by atoms with E-state index in [0.29, 0.717) is 5.22 Å². The number of ether oxygens (including phenoxy) is 2. The minimum Gasteiger partial charge on any atom is -0.459 e. The second-order valence-corrected chi connectivity index (χ2v) is 7.02. The second-order valence-electron chi connectivity index (χ2n) is 5.87. The van der Waals surface area contributed by atoms with Gasteiger partial charge in [0.05, 0.1) is 17.8 Å². The number of nitrogens with zero attached hydrogens (tertiary/aromatic N) is 2. The monoisotopic (exact) mass is 300 g/mol. The molecule has 1 fully saturated rings. The van der Waals surface area contributed by atoms with Crippen molar-refractivity contribution in [2.75, 3.05) is 6.61 Å². The van der Waals surface area contributed by atoms with Crippen LogP contribution in [0.2, 0.25) is 0 Å². The first-order valence-electron chi connectivity index (χ1n) is 6.61. The number of esters is 1. The topological polar surface area (TPSA) is 74.5 Å². The van der Waals surface area contributed by atoms with Gasteiger partial charge in [0.2, 0.25) is 0 Å². The summed E-state index contributed by atoms with van der Waals surface area (Å²) in [4.78, 5) is 11.5. The van der Waals surface area contributed by atoms with Crippen LogP contribution in [0.15, 0.2) is 9.64 Å². The molecule has 1 aliphatic heterocycles. The molecule has 1 aromatic rings. The molecule has 2 rings (SSSR count). The van der Waals surface area contributed by atoms with E-state index < -0.39 is 5.97 Å². The van der Waals surface area contributed by atoms with E-state index in [1.165, 1.54) is 11.8 Å². The van der Waals surface area contributed by atoms with Crippen molar-refractivity contribution in [1.82, 2.24) is 10.2 Å². The number of hydrogen-bond acceptors (Lipinski definition) is 7. The van der Waals surface area contributed by atoms with E-state index in [2.05, 4.69) is 24.0 Å². The first-order chi connectivity index (χ1) is 9.23. The molecule has 0 radical (unpaired) electrons. The second kappa shape index (κ2) is 5.37. The summed E-state index contributed by atoms with van der Waals surface area (Å²) >= 11 is 1.44. The van der Waals surface area contributed by atoms with Gasteiger partial charge in [-0.2, -0.15) is 0 Å². The highest BCUT2D eigenvalue weighted by Gasteiger charge is 2.47. The fourth-order valence-corrected chi connectivity index (χ4v) is 3.62. The molecule has 1 atom stereocenters. The number of rotatable bonds is 4. The van der Waals surface area contributed by atoms with Crippen LogP contribution in [-0.4, -0.2) is 39.2 Å². The standard InChI is InChI=1S/C13H20N2O4S/c1-6-17-10(16)9-14-15-11(18-9)20-8-7-12(2,3)19-13(8,4)5/h8H,6-7H2,1-5H3. The van der Waals surface area contributed by atoms with E-state index in [1.54, 1.807) is 6.92 Å². The zero-order chi connectivity index (χ0) is 15.0. The van der Waals surface area contributed by atoms with Crippen LogP contribution in [0.25, 0.3) is 0 Å². The fourth-order valence-electron chi connectivity index (χ4n) is 2.35. The summed E-state index contributed by atoms with van der Waals surface area (Å²) in [6.07, 6.45) is 0.877. The highest BCUT2D eigenvalue weighted by Crippen LogP contribution is 2.45. The largest absolute Gasteiger partial charge is 0.459 e. The number of carbonyl (C=O) groups excluding carboxylic acids is 1. The number of carbonyl (C=O) groups is 1. The van der Waals surface area contributed by atoms with Gasteiger partial charge in [-0.25, -0.2) is 4.79 Å². The van der Waals surface area contributed by atoms with Crippen LogP contribution < -0.4 is 0 Å². The molecule has 0 aromatic carbocycles. The smallest absolute Gasteiger partial charge is 0.396 e. The van der Waals surface area contributed by atoms with Crippen molar-refractivity contribution in [1.29, 1.82) is 0 Å². The average Bonchev–Trinajstić information content (AvgIpc) is 2.82. The van der Waals surface area contributed by atoms with Crippen LogP contribution in [0.5, 0.6) is 0 Å². The third-order valence-electron chi connectivity index (χ3n) is 3.09. The fraction of sp³-hybridized carbons (Fsp3) is 0.769. The lowest BCUT2D eigenvalue weighted by atomic mass is 10.0. The van der Waals surface area contributed by atoms with Crippen molar-refractivity contribution in [3.8, 4) is 0 Å². The molecule has 0 saturated carbocycles. The van der Waals surface area contributed by atoms with Crippen LogP contribution in [-0.2, 0) is 9.47 Å². The van der Waals surface area contributed by atoms with Crippen molar-refractivity contribution in [3.63, 3.8) is 0 Å². The SMILES string of the molecule is CCOC(=O)c1nnc(SC2CC(C)(C)OC2(C)C)o1. The summed E-state index contributed by atoms with van der Waals surface area (Å²) < 4.78 is 16.2. The number of hydrogen-bond donors (Lipinski definition) is 0. The van der Waals surface area contributed by atoms with Crippen LogP contribution in [0.3, 0.4) is 0 Å². The van der Waals surface area contributed by atoms with Crippen LogP contribution in [0.4, 0.5) is 0 Å². The summed E-state index contributed by atoms with van der Waals surface area (Å²) in [5.41, 5.74) is -0.460. The van der Waals surface area contributed by atoms with E-state index in [0.717, 1.165) is 6.42 Å². The highest BCUT2D eigenvalue weighted by molar-refractivity contribution is 7.99. The first kappa shape index (κ1) is 15.3. The molecule has 0 amide bonds. The van der Waals surface area contributed by atoms with Gasteiger partial charge in [0.15, 0.2) is 0 Å². The molecular weight excluding hydrogens is 280 g/mol. The molecule has 2 heterocycles. The van der Waals surface area contributed by atoms with Gasteiger partial charge in [0.1, 0.15) is 0 Å². The van der Waals surface area contributed by atoms with Crippen LogP contribution >= 0.6 is 11.8 Å². The molecule has 1 saturated heterocycles. The predicted octanol–water partition coefficient (Wildman–Crippen LogP) is 2.68. The molecule has 112 valence electrons. The molecule has 0 aliphatic carbocycles. The molecule has 1 aromatic heterocycles. The first-order valence-corrected chi connectivity index (χ1v) is 7.49. The van der Waals surface area contributed by atoms with E-state index in [1.807, 2.05) is 13.8 Å².